The Balaban J connectivity index is 2.11. The molecular weight excluding hydrogens is 331 g/mol. The van der Waals surface area contributed by atoms with E-state index in [4.69, 9.17) is 9.47 Å². The summed E-state index contributed by atoms with van der Waals surface area (Å²) in [6.45, 7) is 0. The molecule has 3 rings (SSSR count). The van der Waals surface area contributed by atoms with Crippen molar-refractivity contribution in [3.05, 3.63) is 72.6 Å². The molecule has 0 aliphatic carbocycles. The van der Waals surface area contributed by atoms with Gasteiger partial charge in [-0.3, -0.25) is 4.98 Å². The summed E-state index contributed by atoms with van der Waals surface area (Å²) in [5.74, 6) is 0.784. The third kappa shape index (κ3) is 3.57. The van der Waals surface area contributed by atoms with Crippen LogP contribution >= 0.6 is 0 Å². The lowest BCUT2D eigenvalue weighted by molar-refractivity contribution is -0.137. The number of aromatic nitrogens is 1. The van der Waals surface area contributed by atoms with Crippen LogP contribution in [-0.4, -0.2) is 12.1 Å². The second kappa shape index (κ2) is 6.84. The van der Waals surface area contributed by atoms with Gasteiger partial charge in [0.2, 0.25) is 0 Å². The fourth-order valence-corrected chi connectivity index (χ4v) is 2.45. The Bertz CT molecular complexity index is 864. The number of halogens is 3. The minimum absolute atomic E-state index is 0.0110. The van der Waals surface area contributed by atoms with Crippen LogP contribution in [0, 0.1) is 6.07 Å². The van der Waals surface area contributed by atoms with Crippen LogP contribution in [0.2, 0.25) is 0 Å². The molecule has 0 atom stereocenters. The lowest BCUT2D eigenvalue weighted by Gasteiger charge is -2.17. The largest absolute Gasteiger partial charge is 0.492 e. The molecule has 0 N–H and O–H groups in total. The summed E-state index contributed by atoms with van der Waals surface area (Å²) in [4.78, 5) is 3.93. The highest BCUT2D eigenvalue weighted by molar-refractivity contribution is 5.76. The molecule has 1 aromatic heterocycles. The summed E-state index contributed by atoms with van der Waals surface area (Å²) in [6, 6.07) is 14.5. The zero-order valence-corrected chi connectivity index (χ0v) is 13.2. The van der Waals surface area contributed by atoms with E-state index in [0.717, 1.165) is 6.07 Å². The number of benzene rings is 2. The normalized spacial score (nSPS) is 11.2. The van der Waals surface area contributed by atoms with E-state index in [1.807, 2.05) is 0 Å². The van der Waals surface area contributed by atoms with Crippen molar-refractivity contribution in [3.63, 3.8) is 0 Å². The van der Waals surface area contributed by atoms with Gasteiger partial charge >= 0.3 is 6.18 Å². The number of methoxy groups -OCH3 is 1. The van der Waals surface area contributed by atoms with Crippen molar-refractivity contribution in [1.29, 1.82) is 0 Å². The zero-order valence-electron chi connectivity index (χ0n) is 13.2. The SMILES string of the molecule is COc1c(Oc2cccnc2)[c]ccc1-c1ccccc1C(F)(F)F. The molecule has 3 aromatic rings. The standard InChI is InChI=1S/C19H13F3NO2/c1-24-18-15(14-7-2-3-9-16(14)19(20,21)22)8-4-10-17(18)25-13-6-5-11-23-12-13/h2-9,11-12H,1H3. The highest BCUT2D eigenvalue weighted by atomic mass is 19.4. The molecule has 0 spiro atoms. The van der Waals surface area contributed by atoms with Gasteiger partial charge in [0.1, 0.15) is 5.75 Å². The quantitative estimate of drug-likeness (QED) is 0.638. The summed E-state index contributed by atoms with van der Waals surface area (Å²) < 4.78 is 51.0. The molecule has 0 aliphatic rings. The van der Waals surface area contributed by atoms with E-state index in [-0.39, 0.29) is 22.6 Å². The summed E-state index contributed by atoms with van der Waals surface area (Å²) in [5.41, 5.74) is -0.461. The van der Waals surface area contributed by atoms with Gasteiger partial charge in [-0.15, -0.1) is 0 Å². The molecule has 25 heavy (non-hydrogen) atoms. The monoisotopic (exact) mass is 344 g/mol. The second-order valence-corrected chi connectivity index (χ2v) is 5.09. The molecule has 0 saturated carbocycles. The molecule has 1 radical (unpaired) electrons. The zero-order chi connectivity index (χ0) is 17.9. The predicted molar refractivity (Wildman–Crippen MR) is 86.6 cm³/mol. The smallest absolute Gasteiger partial charge is 0.417 e. The average Bonchev–Trinajstić information content (AvgIpc) is 2.62. The van der Waals surface area contributed by atoms with E-state index in [1.165, 1.54) is 37.6 Å². The Labute approximate surface area is 142 Å². The lowest BCUT2D eigenvalue weighted by Crippen LogP contribution is -2.07. The Kier molecular flexibility index (Phi) is 4.61. The molecular formula is C19H13F3NO2. The van der Waals surface area contributed by atoms with Gasteiger partial charge in [0, 0.05) is 17.8 Å². The molecule has 0 bridgehead atoms. The first-order valence-electron chi connectivity index (χ1n) is 7.34. The molecule has 127 valence electrons. The van der Waals surface area contributed by atoms with Crippen LogP contribution in [0.25, 0.3) is 11.1 Å². The van der Waals surface area contributed by atoms with Crippen LogP contribution < -0.4 is 9.47 Å². The number of hydrogen-bond acceptors (Lipinski definition) is 3. The third-order valence-corrected chi connectivity index (χ3v) is 3.50. The number of nitrogens with zero attached hydrogens (tertiary/aromatic N) is 1. The Morgan fingerprint density at radius 2 is 1.80 bits per heavy atom. The van der Waals surface area contributed by atoms with E-state index >= 15 is 0 Å². The summed E-state index contributed by atoms with van der Waals surface area (Å²) in [7, 11) is 1.37. The first-order valence-corrected chi connectivity index (χ1v) is 7.34. The second-order valence-electron chi connectivity index (χ2n) is 5.09. The Morgan fingerprint density at radius 3 is 2.48 bits per heavy atom. The van der Waals surface area contributed by atoms with Gasteiger partial charge < -0.3 is 9.47 Å². The molecule has 3 nitrogen and oxygen atoms in total. The van der Waals surface area contributed by atoms with Gasteiger partial charge in [0.15, 0.2) is 11.5 Å². The van der Waals surface area contributed by atoms with Gasteiger partial charge in [-0.1, -0.05) is 18.2 Å². The molecule has 0 unspecified atom stereocenters. The van der Waals surface area contributed by atoms with Crippen molar-refractivity contribution in [1.82, 2.24) is 4.98 Å². The average molecular weight is 344 g/mol. The number of ether oxygens (including phenoxy) is 2. The third-order valence-electron chi connectivity index (χ3n) is 3.50. The molecule has 0 amide bonds. The molecule has 6 heteroatoms. The van der Waals surface area contributed by atoms with Gasteiger partial charge in [-0.25, -0.2) is 0 Å². The maximum absolute atomic E-state index is 13.3. The minimum atomic E-state index is -4.48. The Hall–Kier alpha value is -3.02. The van der Waals surface area contributed by atoms with Crippen molar-refractivity contribution in [2.45, 2.75) is 6.18 Å². The van der Waals surface area contributed by atoms with Crippen LogP contribution in [0.5, 0.6) is 17.2 Å². The van der Waals surface area contributed by atoms with Gasteiger partial charge in [0.05, 0.1) is 18.9 Å². The van der Waals surface area contributed by atoms with Crippen LogP contribution in [0.15, 0.2) is 60.9 Å². The maximum Gasteiger partial charge on any atom is 0.417 e. The molecule has 0 saturated heterocycles. The predicted octanol–water partition coefficient (Wildman–Crippen LogP) is 5.37. The van der Waals surface area contributed by atoms with Crippen molar-refractivity contribution >= 4 is 0 Å². The van der Waals surface area contributed by atoms with Crippen LogP contribution in [0.1, 0.15) is 5.56 Å². The first kappa shape index (κ1) is 16.8. The summed E-state index contributed by atoms with van der Waals surface area (Å²) >= 11 is 0. The van der Waals surface area contributed by atoms with E-state index < -0.39 is 11.7 Å². The number of pyridine rings is 1. The maximum atomic E-state index is 13.3. The molecule has 0 aliphatic heterocycles. The topological polar surface area (TPSA) is 31.4 Å². The highest BCUT2D eigenvalue weighted by Crippen LogP contribution is 2.44. The van der Waals surface area contributed by atoms with E-state index in [1.54, 1.807) is 24.4 Å². The summed E-state index contributed by atoms with van der Waals surface area (Å²) in [6.07, 6.45) is -1.40. The van der Waals surface area contributed by atoms with Gasteiger partial charge in [-0.2, -0.15) is 13.2 Å². The van der Waals surface area contributed by atoms with E-state index in [0.29, 0.717) is 5.75 Å². The van der Waals surface area contributed by atoms with E-state index in [9.17, 15) is 13.2 Å². The Morgan fingerprint density at radius 1 is 1.00 bits per heavy atom. The minimum Gasteiger partial charge on any atom is -0.492 e. The van der Waals surface area contributed by atoms with Crippen LogP contribution in [-0.2, 0) is 6.18 Å². The molecule has 0 fully saturated rings. The number of alkyl halides is 3. The van der Waals surface area contributed by atoms with E-state index in [2.05, 4.69) is 11.1 Å². The van der Waals surface area contributed by atoms with Crippen molar-refractivity contribution in [2.75, 3.05) is 7.11 Å². The van der Waals surface area contributed by atoms with Gasteiger partial charge in [-0.05, 0) is 35.9 Å². The fraction of sp³-hybridized carbons (Fsp3) is 0.105. The van der Waals surface area contributed by atoms with Gasteiger partial charge in [0.25, 0.3) is 0 Å². The van der Waals surface area contributed by atoms with Crippen LogP contribution in [0.4, 0.5) is 13.2 Å². The number of rotatable bonds is 4. The lowest BCUT2D eigenvalue weighted by atomic mass is 9.98. The molecule has 1 heterocycles. The van der Waals surface area contributed by atoms with Crippen molar-refractivity contribution < 1.29 is 22.6 Å². The highest BCUT2D eigenvalue weighted by Gasteiger charge is 2.34. The van der Waals surface area contributed by atoms with Crippen LogP contribution in [0.3, 0.4) is 0 Å². The van der Waals surface area contributed by atoms with Crippen molar-refractivity contribution in [3.8, 4) is 28.4 Å². The number of hydrogen-bond donors (Lipinski definition) is 0. The first-order chi connectivity index (χ1) is 12.0. The summed E-state index contributed by atoms with van der Waals surface area (Å²) in [5, 5.41) is 0. The fourth-order valence-electron chi connectivity index (χ4n) is 2.45. The van der Waals surface area contributed by atoms with Crippen molar-refractivity contribution in [2.24, 2.45) is 0 Å². The molecule has 2 aromatic carbocycles.